The van der Waals surface area contributed by atoms with Crippen LogP contribution in [0, 0.1) is 0 Å². The van der Waals surface area contributed by atoms with Gasteiger partial charge in [0, 0.05) is 0 Å². The smallest absolute Gasteiger partial charge is 0.282 e. The number of fused-ring (bicyclic) bond motifs is 1. The molecule has 6 nitrogen and oxygen atoms in total. The van der Waals surface area contributed by atoms with E-state index in [4.69, 9.17) is 23.2 Å². The summed E-state index contributed by atoms with van der Waals surface area (Å²) in [4.78, 5) is 36.8. The summed E-state index contributed by atoms with van der Waals surface area (Å²) in [6.07, 6.45) is 0. The number of amides is 3. The Morgan fingerprint density at radius 1 is 0.957 bits per heavy atom. The van der Waals surface area contributed by atoms with E-state index in [2.05, 4.69) is 5.43 Å². The van der Waals surface area contributed by atoms with E-state index in [1.54, 1.807) is 0 Å². The minimum atomic E-state index is -0.815. The van der Waals surface area contributed by atoms with Crippen LogP contribution in [0.1, 0.15) is 31.1 Å². The molecule has 2 N–H and O–H groups in total. The molecule has 23 heavy (non-hydrogen) atoms. The Balaban J connectivity index is 1.95. The fourth-order valence-electron chi connectivity index (χ4n) is 2.21. The van der Waals surface area contributed by atoms with E-state index in [-0.39, 0.29) is 32.5 Å². The number of phenolic OH excluding ortho intramolecular Hbond substituents is 1. The molecule has 1 aliphatic heterocycles. The van der Waals surface area contributed by atoms with E-state index in [1.165, 1.54) is 36.4 Å². The molecule has 0 saturated carbocycles. The van der Waals surface area contributed by atoms with E-state index in [9.17, 15) is 19.5 Å². The molecule has 116 valence electrons. The third-order valence-corrected chi connectivity index (χ3v) is 3.93. The molecule has 2 aromatic rings. The van der Waals surface area contributed by atoms with Crippen molar-refractivity contribution in [2.75, 3.05) is 0 Å². The number of benzene rings is 2. The zero-order valence-electron chi connectivity index (χ0n) is 11.3. The van der Waals surface area contributed by atoms with E-state index in [0.717, 1.165) is 0 Å². The number of nitrogens with zero attached hydrogens (tertiary/aromatic N) is 1. The van der Waals surface area contributed by atoms with Gasteiger partial charge in [0.05, 0.1) is 26.7 Å². The van der Waals surface area contributed by atoms with Crippen LogP contribution in [0.4, 0.5) is 0 Å². The van der Waals surface area contributed by atoms with Crippen LogP contribution in [0.5, 0.6) is 5.75 Å². The molecule has 2 aromatic carbocycles. The van der Waals surface area contributed by atoms with Gasteiger partial charge < -0.3 is 5.11 Å². The van der Waals surface area contributed by atoms with Gasteiger partial charge in [-0.05, 0) is 24.3 Å². The van der Waals surface area contributed by atoms with Crippen LogP contribution >= 0.6 is 23.2 Å². The van der Waals surface area contributed by atoms with Gasteiger partial charge in [-0.2, -0.15) is 5.01 Å². The zero-order chi connectivity index (χ0) is 16.7. The SMILES string of the molecule is O=C(NN1C(=O)c2c(Cl)ccc(Cl)c2C1=O)c1ccccc1O. The number of hydrazine groups is 1. The molecule has 0 unspecified atom stereocenters. The Labute approximate surface area is 140 Å². The molecule has 3 amide bonds. The minimum Gasteiger partial charge on any atom is -0.507 e. The molecule has 0 atom stereocenters. The summed E-state index contributed by atoms with van der Waals surface area (Å²) in [7, 11) is 0. The number of aromatic hydroxyl groups is 1. The molecular formula is C15H8Cl2N2O4. The highest BCUT2D eigenvalue weighted by atomic mass is 35.5. The average molecular weight is 351 g/mol. The van der Waals surface area contributed by atoms with Crippen molar-refractivity contribution >= 4 is 40.9 Å². The van der Waals surface area contributed by atoms with Crippen LogP contribution in [0.3, 0.4) is 0 Å². The lowest BCUT2D eigenvalue weighted by molar-refractivity contribution is 0.0517. The Bertz CT molecular complexity index is 826. The van der Waals surface area contributed by atoms with E-state index in [1.807, 2.05) is 0 Å². The number of imide groups is 1. The number of rotatable bonds is 2. The van der Waals surface area contributed by atoms with Gasteiger partial charge in [-0.1, -0.05) is 35.3 Å². The molecule has 1 heterocycles. The first-order valence-electron chi connectivity index (χ1n) is 6.37. The molecule has 0 spiro atoms. The van der Waals surface area contributed by atoms with Crippen molar-refractivity contribution in [3.8, 4) is 5.75 Å². The normalized spacial score (nSPS) is 13.2. The van der Waals surface area contributed by atoms with Crippen LogP contribution in [0.2, 0.25) is 10.0 Å². The second kappa shape index (κ2) is 5.57. The fourth-order valence-corrected chi connectivity index (χ4v) is 2.69. The second-order valence-corrected chi connectivity index (χ2v) is 5.50. The molecule has 0 aliphatic carbocycles. The topological polar surface area (TPSA) is 86.7 Å². The summed E-state index contributed by atoms with van der Waals surface area (Å²) < 4.78 is 0. The molecular weight excluding hydrogens is 343 g/mol. The van der Waals surface area contributed by atoms with Crippen molar-refractivity contribution in [3.63, 3.8) is 0 Å². The number of nitrogens with one attached hydrogen (secondary N) is 1. The van der Waals surface area contributed by atoms with Crippen molar-refractivity contribution in [3.05, 3.63) is 63.1 Å². The van der Waals surface area contributed by atoms with Crippen molar-refractivity contribution in [2.24, 2.45) is 0 Å². The monoisotopic (exact) mass is 350 g/mol. The van der Waals surface area contributed by atoms with Crippen molar-refractivity contribution in [1.29, 1.82) is 0 Å². The standard InChI is InChI=1S/C15H8Cl2N2O4/c16-8-5-6-9(17)12-11(8)14(22)19(15(12)23)18-13(21)7-3-1-2-4-10(7)20/h1-6,20H,(H,18,21). The number of carbonyl (C=O) groups is 3. The molecule has 0 fully saturated rings. The molecule has 1 aliphatic rings. The van der Waals surface area contributed by atoms with Gasteiger partial charge in [-0.15, -0.1) is 0 Å². The average Bonchev–Trinajstić information content (AvgIpc) is 2.77. The maximum Gasteiger partial charge on any atom is 0.282 e. The van der Waals surface area contributed by atoms with Crippen LogP contribution in [0.25, 0.3) is 0 Å². The number of hydrogen-bond acceptors (Lipinski definition) is 4. The van der Waals surface area contributed by atoms with Gasteiger partial charge in [0.25, 0.3) is 17.7 Å². The summed E-state index contributed by atoms with van der Waals surface area (Å²) in [6, 6.07) is 8.51. The van der Waals surface area contributed by atoms with Gasteiger partial charge in [-0.25, -0.2) is 0 Å². The Kier molecular flexibility index (Phi) is 3.71. The first-order valence-corrected chi connectivity index (χ1v) is 7.13. The second-order valence-electron chi connectivity index (χ2n) is 4.68. The van der Waals surface area contributed by atoms with Gasteiger partial charge in [0.15, 0.2) is 0 Å². The van der Waals surface area contributed by atoms with E-state index >= 15 is 0 Å². The molecule has 0 aromatic heterocycles. The number of hydrogen-bond donors (Lipinski definition) is 2. The number of para-hydroxylation sites is 1. The van der Waals surface area contributed by atoms with Gasteiger partial charge in [0.1, 0.15) is 5.75 Å². The lowest BCUT2D eigenvalue weighted by Gasteiger charge is -2.15. The maximum absolute atomic E-state index is 12.3. The van der Waals surface area contributed by atoms with E-state index < -0.39 is 17.7 Å². The summed E-state index contributed by atoms with van der Waals surface area (Å²) in [5, 5.41) is 10.3. The first kappa shape index (κ1) is 15.3. The third kappa shape index (κ3) is 2.42. The van der Waals surface area contributed by atoms with Gasteiger partial charge in [-0.3, -0.25) is 19.8 Å². The summed E-state index contributed by atoms with van der Waals surface area (Å²) in [5.74, 6) is -2.68. The predicted octanol–water partition coefficient (Wildman–Crippen LogP) is 2.64. The molecule has 3 rings (SSSR count). The lowest BCUT2D eigenvalue weighted by Crippen LogP contribution is -2.45. The predicted molar refractivity (Wildman–Crippen MR) is 82.5 cm³/mol. The van der Waals surface area contributed by atoms with E-state index in [0.29, 0.717) is 5.01 Å². The molecule has 0 bridgehead atoms. The van der Waals surface area contributed by atoms with Crippen LogP contribution in [-0.2, 0) is 0 Å². The van der Waals surface area contributed by atoms with Crippen molar-refractivity contribution in [2.45, 2.75) is 0 Å². The van der Waals surface area contributed by atoms with Crippen LogP contribution in [0.15, 0.2) is 36.4 Å². The fraction of sp³-hybridized carbons (Fsp3) is 0. The van der Waals surface area contributed by atoms with Crippen molar-refractivity contribution < 1.29 is 19.5 Å². The Morgan fingerprint density at radius 2 is 1.48 bits per heavy atom. The van der Waals surface area contributed by atoms with Crippen LogP contribution in [-0.4, -0.2) is 27.8 Å². The highest BCUT2D eigenvalue weighted by molar-refractivity contribution is 6.41. The quantitative estimate of drug-likeness (QED) is 0.815. The lowest BCUT2D eigenvalue weighted by atomic mass is 10.1. The maximum atomic E-state index is 12.3. The van der Waals surface area contributed by atoms with Gasteiger partial charge >= 0.3 is 0 Å². The zero-order valence-corrected chi connectivity index (χ0v) is 12.9. The molecule has 8 heteroatoms. The van der Waals surface area contributed by atoms with Gasteiger partial charge in [0.2, 0.25) is 0 Å². The number of carbonyl (C=O) groups excluding carboxylic acids is 3. The molecule has 0 saturated heterocycles. The Morgan fingerprint density at radius 3 is 2.00 bits per heavy atom. The Hall–Kier alpha value is -2.57. The molecule has 0 radical (unpaired) electrons. The third-order valence-electron chi connectivity index (χ3n) is 3.30. The highest BCUT2D eigenvalue weighted by Crippen LogP contribution is 2.33. The van der Waals surface area contributed by atoms with Crippen molar-refractivity contribution in [1.82, 2.24) is 10.4 Å². The first-order chi connectivity index (χ1) is 10.9. The van der Waals surface area contributed by atoms with Crippen LogP contribution < -0.4 is 5.43 Å². The largest absolute Gasteiger partial charge is 0.507 e. The minimum absolute atomic E-state index is 0.0575. The highest BCUT2D eigenvalue weighted by Gasteiger charge is 2.40. The summed E-state index contributed by atoms with van der Waals surface area (Å²) in [5.41, 5.74) is 1.94. The summed E-state index contributed by atoms with van der Waals surface area (Å²) in [6.45, 7) is 0. The number of halogens is 2. The summed E-state index contributed by atoms with van der Waals surface area (Å²) >= 11 is 11.9. The number of phenols is 1.